The van der Waals surface area contributed by atoms with Crippen molar-refractivity contribution in [1.29, 1.82) is 0 Å². The molecular weight excluding hydrogens is 308 g/mol. The number of nitro benzene ring substituents is 1. The molecule has 7 nitrogen and oxygen atoms in total. The predicted octanol–water partition coefficient (Wildman–Crippen LogP) is 2.43. The molecule has 0 unspecified atom stereocenters. The SMILES string of the molecule is COc1cccc(N(C)S(=O)(=O)c2cccc([N+](=O)[O-])c2)c1. The van der Waals surface area contributed by atoms with Crippen molar-refractivity contribution in [1.82, 2.24) is 0 Å². The van der Waals surface area contributed by atoms with E-state index in [2.05, 4.69) is 0 Å². The second-order valence-electron chi connectivity index (χ2n) is 4.43. The Morgan fingerprint density at radius 1 is 1.14 bits per heavy atom. The Labute approximate surface area is 128 Å². The maximum Gasteiger partial charge on any atom is 0.270 e. The second kappa shape index (κ2) is 6.02. The maximum absolute atomic E-state index is 12.6. The summed E-state index contributed by atoms with van der Waals surface area (Å²) in [6, 6.07) is 11.5. The Balaban J connectivity index is 2.45. The number of hydrogen-bond acceptors (Lipinski definition) is 5. The average Bonchev–Trinajstić information content (AvgIpc) is 2.54. The van der Waals surface area contributed by atoms with Gasteiger partial charge in [0.1, 0.15) is 5.75 Å². The van der Waals surface area contributed by atoms with Gasteiger partial charge in [-0.2, -0.15) is 0 Å². The molecule has 0 spiro atoms. The fourth-order valence-corrected chi connectivity index (χ4v) is 3.09. The zero-order valence-corrected chi connectivity index (χ0v) is 12.8. The summed E-state index contributed by atoms with van der Waals surface area (Å²) in [6.45, 7) is 0. The molecule has 0 N–H and O–H groups in total. The standard InChI is InChI=1S/C14H14N2O5S/c1-15(11-5-3-7-13(9-11)21-2)22(19,20)14-8-4-6-12(10-14)16(17)18/h3-10H,1-2H3. The molecule has 0 radical (unpaired) electrons. The lowest BCUT2D eigenvalue weighted by Gasteiger charge is -2.19. The van der Waals surface area contributed by atoms with Gasteiger partial charge in [-0.15, -0.1) is 0 Å². The van der Waals surface area contributed by atoms with E-state index in [1.54, 1.807) is 24.3 Å². The molecule has 0 bridgehead atoms. The molecule has 22 heavy (non-hydrogen) atoms. The van der Waals surface area contributed by atoms with Crippen LogP contribution < -0.4 is 9.04 Å². The number of nitro groups is 1. The molecule has 0 amide bonds. The number of rotatable bonds is 5. The number of sulfonamides is 1. The molecule has 0 fully saturated rings. The molecular formula is C14H14N2O5S. The highest BCUT2D eigenvalue weighted by Crippen LogP contribution is 2.26. The first-order chi connectivity index (χ1) is 10.4. The molecule has 0 heterocycles. The van der Waals surface area contributed by atoms with Crippen molar-refractivity contribution in [2.24, 2.45) is 0 Å². The summed E-state index contributed by atoms with van der Waals surface area (Å²) in [6.07, 6.45) is 0. The quantitative estimate of drug-likeness (QED) is 0.623. The summed E-state index contributed by atoms with van der Waals surface area (Å²) in [7, 11) is -1.04. The molecule has 2 rings (SSSR count). The van der Waals surface area contributed by atoms with E-state index in [0.717, 1.165) is 10.4 Å². The number of benzene rings is 2. The van der Waals surface area contributed by atoms with Gasteiger partial charge in [-0.05, 0) is 18.2 Å². The van der Waals surface area contributed by atoms with E-state index in [9.17, 15) is 18.5 Å². The van der Waals surface area contributed by atoms with Crippen molar-refractivity contribution in [3.05, 3.63) is 58.6 Å². The summed E-state index contributed by atoms with van der Waals surface area (Å²) in [5.41, 5.74) is 0.117. The summed E-state index contributed by atoms with van der Waals surface area (Å²) in [4.78, 5) is 10.0. The Morgan fingerprint density at radius 2 is 1.82 bits per heavy atom. The monoisotopic (exact) mass is 322 g/mol. The third-order valence-corrected chi connectivity index (χ3v) is 4.89. The van der Waals surface area contributed by atoms with Gasteiger partial charge in [0.25, 0.3) is 15.7 Å². The minimum absolute atomic E-state index is 0.146. The summed E-state index contributed by atoms with van der Waals surface area (Å²) in [5.74, 6) is 0.513. The Hall–Kier alpha value is -2.61. The molecule has 0 aliphatic rings. The Bertz CT molecular complexity index is 804. The van der Waals surface area contributed by atoms with Crippen molar-refractivity contribution in [2.75, 3.05) is 18.5 Å². The highest BCUT2D eigenvalue weighted by molar-refractivity contribution is 7.92. The molecule has 2 aromatic carbocycles. The molecule has 116 valence electrons. The molecule has 0 saturated carbocycles. The van der Waals surface area contributed by atoms with Crippen LogP contribution in [0.2, 0.25) is 0 Å². The largest absolute Gasteiger partial charge is 0.497 e. The maximum atomic E-state index is 12.6. The molecule has 0 aromatic heterocycles. The summed E-state index contributed by atoms with van der Waals surface area (Å²) >= 11 is 0. The van der Waals surface area contributed by atoms with Crippen LogP contribution in [0, 0.1) is 10.1 Å². The first-order valence-electron chi connectivity index (χ1n) is 6.23. The predicted molar refractivity (Wildman–Crippen MR) is 81.7 cm³/mol. The van der Waals surface area contributed by atoms with Crippen LogP contribution in [0.1, 0.15) is 0 Å². The van der Waals surface area contributed by atoms with Gasteiger partial charge in [-0.25, -0.2) is 8.42 Å². The minimum Gasteiger partial charge on any atom is -0.497 e. The zero-order valence-electron chi connectivity index (χ0n) is 12.0. The lowest BCUT2D eigenvalue weighted by atomic mass is 10.3. The van der Waals surface area contributed by atoms with E-state index < -0.39 is 14.9 Å². The van der Waals surface area contributed by atoms with Gasteiger partial charge in [0.2, 0.25) is 0 Å². The van der Waals surface area contributed by atoms with Gasteiger partial charge in [-0.1, -0.05) is 12.1 Å². The number of non-ortho nitro benzene ring substituents is 1. The van der Waals surface area contributed by atoms with Gasteiger partial charge < -0.3 is 4.74 Å². The smallest absolute Gasteiger partial charge is 0.270 e. The topological polar surface area (TPSA) is 89.8 Å². The number of nitrogens with zero attached hydrogens (tertiary/aromatic N) is 2. The van der Waals surface area contributed by atoms with Crippen LogP contribution in [-0.4, -0.2) is 27.5 Å². The third-order valence-electron chi connectivity index (χ3n) is 3.10. The number of ether oxygens (including phenoxy) is 1. The van der Waals surface area contributed by atoms with E-state index in [1.165, 1.54) is 32.4 Å². The first-order valence-corrected chi connectivity index (χ1v) is 7.67. The molecule has 0 saturated heterocycles. The lowest BCUT2D eigenvalue weighted by Crippen LogP contribution is -2.26. The van der Waals surface area contributed by atoms with Crippen LogP contribution in [0.25, 0.3) is 0 Å². The van der Waals surface area contributed by atoms with Crippen molar-refractivity contribution >= 4 is 21.4 Å². The number of anilines is 1. The fourth-order valence-electron chi connectivity index (χ4n) is 1.86. The normalized spacial score (nSPS) is 11.0. The fraction of sp³-hybridized carbons (Fsp3) is 0.143. The Morgan fingerprint density at radius 3 is 2.45 bits per heavy atom. The van der Waals surface area contributed by atoms with Gasteiger partial charge in [-0.3, -0.25) is 14.4 Å². The van der Waals surface area contributed by atoms with Crippen molar-refractivity contribution in [3.63, 3.8) is 0 Å². The van der Waals surface area contributed by atoms with E-state index >= 15 is 0 Å². The summed E-state index contributed by atoms with van der Waals surface area (Å²) < 4.78 is 31.3. The van der Waals surface area contributed by atoms with E-state index in [1.807, 2.05) is 0 Å². The van der Waals surface area contributed by atoms with Crippen molar-refractivity contribution < 1.29 is 18.1 Å². The Kier molecular flexibility index (Phi) is 4.32. The first kappa shape index (κ1) is 15.8. The van der Waals surface area contributed by atoms with E-state index in [4.69, 9.17) is 4.74 Å². The number of hydrogen-bond donors (Lipinski definition) is 0. The molecule has 0 aliphatic heterocycles. The van der Waals surface area contributed by atoms with Crippen molar-refractivity contribution in [2.45, 2.75) is 4.90 Å². The van der Waals surface area contributed by atoms with E-state index in [-0.39, 0.29) is 10.6 Å². The van der Waals surface area contributed by atoms with Crippen LogP contribution in [0.5, 0.6) is 5.75 Å². The molecule has 2 aromatic rings. The zero-order chi connectivity index (χ0) is 16.3. The van der Waals surface area contributed by atoms with Crippen LogP contribution in [0.4, 0.5) is 11.4 Å². The average molecular weight is 322 g/mol. The van der Waals surface area contributed by atoms with Crippen molar-refractivity contribution in [3.8, 4) is 5.75 Å². The van der Waals surface area contributed by atoms with E-state index in [0.29, 0.717) is 11.4 Å². The van der Waals surface area contributed by atoms with Gasteiger partial charge in [0.05, 0.1) is 22.6 Å². The minimum atomic E-state index is -3.90. The third kappa shape index (κ3) is 3.01. The molecule has 0 atom stereocenters. The van der Waals surface area contributed by atoms with Crippen LogP contribution in [-0.2, 0) is 10.0 Å². The van der Waals surface area contributed by atoms with Crippen LogP contribution in [0.15, 0.2) is 53.4 Å². The highest BCUT2D eigenvalue weighted by atomic mass is 32.2. The molecule has 8 heteroatoms. The van der Waals surface area contributed by atoms with Gasteiger partial charge >= 0.3 is 0 Å². The summed E-state index contributed by atoms with van der Waals surface area (Å²) in [5, 5.41) is 10.8. The number of methoxy groups -OCH3 is 1. The van der Waals surface area contributed by atoms with Gasteiger partial charge in [0.15, 0.2) is 0 Å². The highest BCUT2D eigenvalue weighted by Gasteiger charge is 2.23. The lowest BCUT2D eigenvalue weighted by molar-refractivity contribution is -0.385. The molecule has 0 aliphatic carbocycles. The van der Waals surface area contributed by atoms with Gasteiger partial charge in [0, 0.05) is 25.2 Å². The van der Waals surface area contributed by atoms with Crippen LogP contribution in [0.3, 0.4) is 0 Å². The second-order valence-corrected chi connectivity index (χ2v) is 6.40. The van der Waals surface area contributed by atoms with Crippen LogP contribution >= 0.6 is 0 Å².